The van der Waals surface area contributed by atoms with Gasteiger partial charge in [0.2, 0.25) is 0 Å². The van der Waals surface area contributed by atoms with Gasteiger partial charge in [-0.15, -0.1) is 0 Å². The van der Waals surface area contributed by atoms with Gasteiger partial charge in [0.25, 0.3) is 0 Å². The van der Waals surface area contributed by atoms with Gasteiger partial charge in [-0.2, -0.15) is 0 Å². The van der Waals surface area contributed by atoms with Gasteiger partial charge in [0.1, 0.15) is 5.82 Å². The van der Waals surface area contributed by atoms with E-state index in [9.17, 15) is 14.7 Å². The van der Waals surface area contributed by atoms with Crippen LogP contribution in [-0.2, 0) is 24.2 Å². The zero-order chi connectivity index (χ0) is 29.5. The summed E-state index contributed by atoms with van der Waals surface area (Å²) in [4.78, 5) is 29.1. The molecule has 5 aromatic rings. The second kappa shape index (κ2) is 13.2. The topological polar surface area (TPSA) is 93.5 Å². The molecule has 0 unspecified atom stereocenters. The molecule has 214 valence electrons. The van der Waals surface area contributed by atoms with Crippen molar-refractivity contribution in [1.82, 2.24) is 9.55 Å². The highest BCUT2D eigenvalue weighted by atomic mass is 16.5. The number of aryl methyl sites for hydroxylation is 1. The molecule has 0 fully saturated rings. The fourth-order valence-corrected chi connectivity index (χ4v) is 5.16. The highest BCUT2D eigenvalue weighted by Crippen LogP contribution is 2.27. The fourth-order valence-electron chi connectivity index (χ4n) is 5.16. The van der Waals surface area contributed by atoms with Gasteiger partial charge in [0.05, 0.1) is 28.8 Å². The van der Waals surface area contributed by atoms with E-state index in [0.717, 1.165) is 58.5 Å². The monoisotopic (exact) mass is 561 g/mol. The number of nitrogens with one attached hydrogen (secondary N) is 1. The quantitative estimate of drug-likeness (QED) is 0.153. The number of benzene rings is 4. The number of unbranched alkanes of at least 4 members (excludes halogenated alkanes) is 1. The number of aromatic nitrogens is 2. The average molecular weight is 562 g/mol. The molecule has 4 aromatic carbocycles. The van der Waals surface area contributed by atoms with E-state index in [0.29, 0.717) is 30.8 Å². The number of imidazole rings is 1. The molecule has 0 bridgehead atoms. The van der Waals surface area contributed by atoms with Crippen LogP contribution in [0.3, 0.4) is 0 Å². The number of hydrogen-bond acceptors (Lipinski definition) is 5. The molecule has 0 aliphatic carbocycles. The number of hydrogen-bond donors (Lipinski definition) is 2. The Morgan fingerprint density at radius 2 is 1.64 bits per heavy atom. The third kappa shape index (κ3) is 6.36. The third-order valence-corrected chi connectivity index (χ3v) is 7.34. The molecule has 0 saturated heterocycles. The molecule has 1 heterocycles. The molecule has 42 heavy (non-hydrogen) atoms. The molecule has 0 saturated carbocycles. The van der Waals surface area contributed by atoms with Crippen LogP contribution in [0.25, 0.3) is 22.2 Å². The second-order valence-corrected chi connectivity index (χ2v) is 10.2. The maximum absolute atomic E-state index is 12.4. The summed E-state index contributed by atoms with van der Waals surface area (Å²) in [6, 6.07) is 28.8. The number of esters is 1. The van der Waals surface area contributed by atoms with Crippen LogP contribution in [0.4, 0.5) is 5.69 Å². The smallest absolute Gasteiger partial charge is 0.338 e. The number of rotatable bonds is 12. The van der Waals surface area contributed by atoms with E-state index >= 15 is 0 Å². The van der Waals surface area contributed by atoms with Crippen LogP contribution in [0.5, 0.6) is 0 Å². The number of aromatic carboxylic acids is 1. The van der Waals surface area contributed by atoms with Gasteiger partial charge in [-0.05, 0) is 65.9 Å². The van der Waals surface area contributed by atoms with Crippen LogP contribution in [0.15, 0.2) is 91.0 Å². The number of nitrogens with zero attached hydrogens (tertiary/aromatic N) is 2. The Kier molecular flexibility index (Phi) is 8.97. The summed E-state index contributed by atoms with van der Waals surface area (Å²) in [5.74, 6) is -0.215. The Morgan fingerprint density at radius 1 is 0.905 bits per heavy atom. The number of carboxylic acids is 1. The van der Waals surface area contributed by atoms with Crippen molar-refractivity contribution >= 4 is 28.7 Å². The van der Waals surface area contributed by atoms with Crippen molar-refractivity contribution < 1.29 is 19.4 Å². The van der Waals surface area contributed by atoms with Crippen molar-refractivity contribution in [3.05, 3.63) is 119 Å². The minimum absolute atomic E-state index is 0.289. The molecule has 0 atom stereocenters. The van der Waals surface area contributed by atoms with Crippen LogP contribution < -0.4 is 5.32 Å². The van der Waals surface area contributed by atoms with Gasteiger partial charge >= 0.3 is 11.9 Å². The SMILES string of the molecule is CCCCc1nc2ccc(NCc3ccccc3C(=O)OCC)cc2n1Cc1ccc(-c2ccccc2C(=O)O)cc1. The summed E-state index contributed by atoms with van der Waals surface area (Å²) >= 11 is 0. The van der Waals surface area contributed by atoms with Crippen molar-refractivity contribution in [2.75, 3.05) is 11.9 Å². The first-order valence-electron chi connectivity index (χ1n) is 14.4. The Morgan fingerprint density at radius 3 is 2.38 bits per heavy atom. The number of carboxylic acid groups (broad SMARTS) is 1. The van der Waals surface area contributed by atoms with Crippen LogP contribution in [0.2, 0.25) is 0 Å². The molecule has 0 aliphatic heterocycles. The fraction of sp³-hybridized carbons (Fsp3) is 0.229. The highest BCUT2D eigenvalue weighted by molar-refractivity contribution is 5.96. The molecule has 7 heteroatoms. The lowest BCUT2D eigenvalue weighted by Gasteiger charge is -2.13. The minimum atomic E-state index is -0.936. The summed E-state index contributed by atoms with van der Waals surface area (Å²) in [6.07, 6.45) is 3.00. The predicted octanol–water partition coefficient (Wildman–Crippen LogP) is 7.58. The first kappa shape index (κ1) is 28.6. The lowest BCUT2D eigenvalue weighted by atomic mass is 9.99. The average Bonchev–Trinajstić information content (AvgIpc) is 3.35. The van der Waals surface area contributed by atoms with Gasteiger partial charge in [-0.1, -0.05) is 74.0 Å². The summed E-state index contributed by atoms with van der Waals surface area (Å²) in [5, 5.41) is 13.1. The summed E-state index contributed by atoms with van der Waals surface area (Å²) in [6.45, 7) is 5.44. The normalized spacial score (nSPS) is 11.0. The van der Waals surface area contributed by atoms with Crippen molar-refractivity contribution in [3.8, 4) is 11.1 Å². The number of ether oxygens (including phenoxy) is 1. The summed E-state index contributed by atoms with van der Waals surface area (Å²) < 4.78 is 7.50. The molecule has 5 rings (SSSR count). The maximum atomic E-state index is 12.4. The largest absolute Gasteiger partial charge is 0.478 e. The lowest BCUT2D eigenvalue weighted by Crippen LogP contribution is -2.10. The van der Waals surface area contributed by atoms with E-state index in [1.54, 1.807) is 25.1 Å². The Labute approximate surface area is 245 Å². The summed E-state index contributed by atoms with van der Waals surface area (Å²) in [7, 11) is 0. The van der Waals surface area contributed by atoms with Crippen LogP contribution in [0, 0.1) is 0 Å². The first-order chi connectivity index (χ1) is 20.5. The van der Waals surface area contributed by atoms with Gasteiger partial charge in [-0.25, -0.2) is 14.6 Å². The highest BCUT2D eigenvalue weighted by Gasteiger charge is 2.15. The molecule has 0 spiro atoms. The van der Waals surface area contributed by atoms with Crippen LogP contribution >= 0.6 is 0 Å². The second-order valence-electron chi connectivity index (χ2n) is 10.2. The lowest BCUT2D eigenvalue weighted by molar-refractivity contribution is 0.0524. The predicted molar refractivity (Wildman–Crippen MR) is 166 cm³/mol. The summed E-state index contributed by atoms with van der Waals surface area (Å²) in [5.41, 5.74) is 7.30. The molecule has 1 aromatic heterocycles. The van der Waals surface area contributed by atoms with Crippen molar-refractivity contribution in [3.63, 3.8) is 0 Å². The first-order valence-corrected chi connectivity index (χ1v) is 14.4. The Balaban J connectivity index is 1.42. The van der Waals surface area contributed by atoms with E-state index < -0.39 is 5.97 Å². The number of fused-ring (bicyclic) bond motifs is 1. The van der Waals surface area contributed by atoms with E-state index in [2.05, 4.69) is 35.0 Å². The zero-order valence-electron chi connectivity index (χ0n) is 24.0. The molecule has 0 radical (unpaired) electrons. The minimum Gasteiger partial charge on any atom is -0.478 e. The number of carbonyl (C=O) groups is 2. The van der Waals surface area contributed by atoms with Gasteiger partial charge < -0.3 is 19.7 Å². The van der Waals surface area contributed by atoms with Gasteiger partial charge in [-0.3, -0.25) is 0 Å². The van der Waals surface area contributed by atoms with Crippen LogP contribution in [0.1, 0.15) is 64.4 Å². The van der Waals surface area contributed by atoms with E-state index in [4.69, 9.17) is 9.72 Å². The van der Waals surface area contributed by atoms with Crippen molar-refractivity contribution in [2.45, 2.75) is 46.2 Å². The molecule has 0 amide bonds. The molecule has 0 aliphatic rings. The molecular formula is C35H35N3O4. The van der Waals surface area contributed by atoms with Crippen molar-refractivity contribution in [2.24, 2.45) is 0 Å². The Hall–Kier alpha value is -4.91. The number of anilines is 1. The molecule has 2 N–H and O–H groups in total. The zero-order valence-corrected chi connectivity index (χ0v) is 24.0. The molecule has 7 nitrogen and oxygen atoms in total. The number of carbonyl (C=O) groups excluding carboxylic acids is 1. The van der Waals surface area contributed by atoms with Gasteiger partial charge in [0, 0.05) is 25.2 Å². The van der Waals surface area contributed by atoms with Gasteiger partial charge in [0.15, 0.2) is 0 Å². The molecular weight excluding hydrogens is 526 g/mol. The maximum Gasteiger partial charge on any atom is 0.338 e. The van der Waals surface area contributed by atoms with E-state index in [-0.39, 0.29) is 11.5 Å². The van der Waals surface area contributed by atoms with Crippen molar-refractivity contribution in [1.29, 1.82) is 0 Å². The van der Waals surface area contributed by atoms with E-state index in [1.165, 1.54) is 0 Å². The Bertz CT molecular complexity index is 1710. The third-order valence-electron chi connectivity index (χ3n) is 7.34. The van der Waals surface area contributed by atoms with Crippen LogP contribution in [-0.4, -0.2) is 33.2 Å². The van der Waals surface area contributed by atoms with E-state index in [1.807, 2.05) is 54.6 Å². The standard InChI is InChI=1S/C35H35N3O4/c1-3-5-14-33-37-31-20-19-27(36-22-26-10-6-7-12-29(26)35(41)42-4-2)21-32(31)38(33)23-24-15-17-25(18-16-24)28-11-8-9-13-30(28)34(39)40/h6-13,15-21,36H,3-5,14,22-23H2,1-2H3,(H,39,40).